The van der Waals surface area contributed by atoms with Crippen molar-refractivity contribution in [2.24, 2.45) is 0 Å². The van der Waals surface area contributed by atoms with E-state index in [0.717, 1.165) is 19.4 Å². The summed E-state index contributed by atoms with van der Waals surface area (Å²) in [6, 6.07) is 0.00926. The maximum atomic E-state index is 11.1. The van der Waals surface area contributed by atoms with Gasteiger partial charge in [-0.15, -0.1) is 0 Å². The van der Waals surface area contributed by atoms with Gasteiger partial charge in [0.15, 0.2) is 0 Å². The Morgan fingerprint density at radius 2 is 2.17 bits per heavy atom. The van der Waals surface area contributed by atoms with E-state index in [0.29, 0.717) is 0 Å². The molecule has 0 aliphatic carbocycles. The lowest BCUT2D eigenvalue weighted by atomic mass is 9.97. The topological polar surface area (TPSA) is 40.5 Å². The van der Waals surface area contributed by atoms with Crippen molar-refractivity contribution < 1.29 is 9.90 Å². The quantitative estimate of drug-likeness (QED) is 0.633. The highest BCUT2D eigenvalue weighted by Crippen LogP contribution is 2.26. The van der Waals surface area contributed by atoms with Crippen molar-refractivity contribution in [1.82, 2.24) is 4.90 Å². The third kappa shape index (κ3) is 1.78. The number of hydrogen-bond donors (Lipinski definition) is 1. The number of likely N-dealkylation sites (tertiary alicyclic amines) is 1. The Balaban J connectivity index is 2.71. The summed E-state index contributed by atoms with van der Waals surface area (Å²) in [5, 5.41) is 9.74. The molecule has 12 heavy (non-hydrogen) atoms. The Bertz CT molecular complexity index is 183. The number of hydrogen-bond acceptors (Lipinski definition) is 2. The predicted molar refractivity (Wildman–Crippen MR) is 46.7 cm³/mol. The van der Waals surface area contributed by atoms with Crippen LogP contribution in [0.3, 0.4) is 0 Å². The summed E-state index contributed by atoms with van der Waals surface area (Å²) in [5.74, 6) is 0.0691. The van der Waals surface area contributed by atoms with Gasteiger partial charge in [-0.1, -0.05) is 0 Å². The fourth-order valence-electron chi connectivity index (χ4n) is 1.88. The van der Waals surface area contributed by atoms with E-state index in [1.807, 2.05) is 0 Å². The number of nitrogens with zero attached hydrogens (tertiary/aromatic N) is 1. The summed E-state index contributed by atoms with van der Waals surface area (Å²) in [6.45, 7) is 5.88. The highest BCUT2D eigenvalue weighted by Gasteiger charge is 2.36. The van der Waals surface area contributed by atoms with Crippen LogP contribution in [0.2, 0.25) is 0 Å². The van der Waals surface area contributed by atoms with Crippen LogP contribution in [-0.4, -0.2) is 34.1 Å². The summed E-state index contributed by atoms with van der Waals surface area (Å²) in [7, 11) is 0. The number of carbonyl (C=O) groups is 1. The van der Waals surface area contributed by atoms with Crippen LogP contribution in [0.4, 0.5) is 0 Å². The number of amides is 1. The standard InChI is InChI=1S/C9H17NO2/c1-7(11)10-6-4-5-8(10)9(2,3)12/h8,12H,4-6H2,1-3H3. The van der Waals surface area contributed by atoms with E-state index in [4.69, 9.17) is 0 Å². The smallest absolute Gasteiger partial charge is 0.219 e. The Hall–Kier alpha value is -0.570. The molecule has 1 fully saturated rings. The molecule has 0 aromatic heterocycles. The average molecular weight is 171 g/mol. The second-order valence-electron chi connectivity index (χ2n) is 4.02. The van der Waals surface area contributed by atoms with Gasteiger partial charge in [-0.2, -0.15) is 0 Å². The Morgan fingerprint density at radius 3 is 2.50 bits per heavy atom. The minimum atomic E-state index is -0.762. The molecule has 0 bridgehead atoms. The molecule has 0 radical (unpaired) electrons. The van der Waals surface area contributed by atoms with Gasteiger partial charge in [0.25, 0.3) is 0 Å². The van der Waals surface area contributed by atoms with Crippen molar-refractivity contribution in [3.8, 4) is 0 Å². The zero-order valence-electron chi connectivity index (χ0n) is 8.00. The Morgan fingerprint density at radius 1 is 1.58 bits per heavy atom. The second-order valence-corrected chi connectivity index (χ2v) is 4.02. The molecular formula is C9H17NO2. The number of aliphatic hydroxyl groups is 1. The highest BCUT2D eigenvalue weighted by molar-refractivity contribution is 5.74. The molecule has 1 aliphatic rings. The van der Waals surface area contributed by atoms with Crippen molar-refractivity contribution >= 4 is 5.91 Å². The molecule has 1 aliphatic heterocycles. The lowest BCUT2D eigenvalue weighted by Crippen LogP contribution is -2.47. The molecule has 3 heteroatoms. The van der Waals surface area contributed by atoms with E-state index in [1.54, 1.807) is 25.7 Å². The maximum Gasteiger partial charge on any atom is 0.219 e. The monoisotopic (exact) mass is 171 g/mol. The highest BCUT2D eigenvalue weighted by atomic mass is 16.3. The summed E-state index contributed by atoms with van der Waals surface area (Å²) < 4.78 is 0. The molecule has 1 N–H and O–H groups in total. The lowest BCUT2D eigenvalue weighted by molar-refractivity contribution is -0.134. The average Bonchev–Trinajstić information content (AvgIpc) is 2.30. The molecule has 0 aromatic rings. The van der Waals surface area contributed by atoms with Crippen LogP contribution >= 0.6 is 0 Å². The molecule has 1 saturated heterocycles. The van der Waals surface area contributed by atoms with Gasteiger partial charge < -0.3 is 10.0 Å². The van der Waals surface area contributed by atoms with Crippen molar-refractivity contribution in [2.75, 3.05) is 6.54 Å². The third-order valence-electron chi connectivity index (χ3n) is 2.47. The van der Waals surface area contributed by atoms with Crippen LogP contribution in [0.5, 0.6) is 0 Å². The molecular weight excluding hydrogens is 154 g/mol. The van der Waals surface area contributed by atoms with Crippen LogP contribution in [0, 0.1) is 0 Å². The second kappa shape index (κ2) is 3.05. The van der Waals surface area contributed by atoms with E-state index in [1.165, 1.54) is 0 Å². The normalized spacial score (nSPS) is 24.7. The molecule has 0 spiro atoms. The molecule has 0 saturated carbocycles. The summed E-state index contributed by atoms with van der Waals surface area (Å²) in [4.78, 5) is 12.9. The first-order valence-corrected chi connectivity index (χ1v) is 4.42. The molecule has 1 heterocycles. The van der Waals surface area contributed by atoms with Gasteiger partial charge in [-0.3, -0.25) is 4.79 Å². The van der Waals surface area contributed by atoms with Gasteiger partial charge in [-0.25, -0.2) is 0 Å². The van der Waals surface area contributed by atoms with Crippen LogP contribution in [-0.2, 0) is 4.79 Å². The molecule has 0 aromatic carbocycles. The van der Waals surface area contributed by atoms with Crippen LogP contribution in [0.15, 0.2) is 0 Å². The first-order valence-electron chi connectivity index (χ1n) is 4.42. The molecule has 3 nitrogen and oxygen atoms in total. The first-order chi connectivity index (χ1) is 5.43. The van der Waals surface area contributed by atoms with Gasteiger partial charge in [0.1, 0.15) is 0 Å². The SMILES string of the molecule is CC(=O)N1CCCC1C(C)(C)O. The zero-order chi connectivity index (χ0) is 9.35. The fraction of sp³-hybridized carbons (Fsp3) is 0.889. The maximum absolute atomic E-state index is 11.1. The summed E-state index contributed by atoms with van der Waals surface area (Å²) >= 11 is 0. The third-order valence-corrected chi connectivity index (χ3v) is 2.47. The van der Waals surface area contributed by atoms with Crippen molar-refractivity contribution in [3.63, 3.8) is 0 Å². The van der Waals surface area contributed by atoms with Gasteiger partial charge in [0.05, 0.1) is 11.6 Å². The van der Waals surface area contributed by atoms with Gasteiger partial charge in [0, 0.05) is 13.5 Å². The minimum Gasteiger partial charge on any atom is -0.388 e. The minimum absolute atomic E-state index is 0.00926. The lowest BCUT2D eigenvalue weighted by Gasteiger charge is -2.33. The largest absolute Gasteiger partial charge is 0.388 e. The number of rotatable bonds is 1. The molecule has 70 valence electrons. The Labute approximate surface area is 73.4 Å². The first kappa shape index (κ1) is 9.52. The van der Waals surface area contributed by atoms with E-state index < -0.39 is 5.60 Å². The number of carbonyl (C=O) groups excluding carboxylic acids is 1. The molecule has 1 rings (SSSR count). The van der Waals surface area contributed by atoms with Crippen molar-refractivity contribution in [3.05, 3.63) is 0 Å². The Kier molecular flexibility index (Phi) is 2.42. The van der Waals surface area contributed by atoms with Gasteiger partial charge >= 0.3 is 0 Å². The molecule has 1 unspecified atom stereocenters. The fourth-order valence-corrected chi connectivity index (χ4v) is 1.88. The van der Waals surface area contributed by atoms with E-state index in [9.17, 15) is 9.90 Å². The van der Waals surface area contributed by atoms with Crippen molar-refractivity contribution in [2.45, 2.75) is 45.3 Å². The summed E-state index contributed by atoms with van der Waals surface area (Å²) in [5.41, 5.74) is -0.762. The van der Waals surface area contributed by atoms with Crippen LogP contribution in [0.1, 0.15) is 33.6 Å². The van der Waals surface area contributed by atoms with E-state index in [-0.39, 0.29) is 11.9 Å². The summed E-state index contributed by atoms with van der Waals surface area (Å²) in [6.07, 6.45) is 1.93. The van der Waals surface area contributed by atoms with Gasteiger partial charge in [0.2, 0.25) is 5.91 Å². The zero-order valence-corrected chi connectivity index (χ0v) is 8.00. The molecule has 1 atom stereocenters. The van der Waals surface area contributed by atoms with Crippen molar-refractivity contribution in [1.29, 1.82) is 0 Å². The van der Waals surface area contributed by atoms with Crippen LogP contribution < -0.4 is 0 Å². The van der Waals surface area contributed by atoms with E-state index >= 15 is 0 Å². The molecule has 1 amide bonds. The van der Waals surface area contributed by atoms with E-state index in [2.05, 4.69) is 0 Å². The van der Waals surface area contributed by atoms with Gasteiger partial charge in [-0.05, 0) is 26.7 Å². The predicted octanol–water partition coefficient (Wildman–Crippen LogP) is 0.768. The van der Waals surface area contributed by atoms with Crippen LogP contribution in [0.25, 0.3) is 0 Å².